The van der Waals surface area contributed by atoms with Gasteiger partial charge in [0, 0.05) is 13.0 Å². The maximum atomic E-state index is 12.3. The minimum Gasteiger partial charge on any atom is -0.379 e. The molecule has 2 unspecified atom stereocenters. The van der Waals surface area contributed by atoms with Crippen molar-refractivity contribution >= 4 is 17.5 Å². The molecule has 0 bridgehead atoms. The van der Waals surface area contributed by atoms with Gasteiger partial charge in [-0.25, -0.2) is 9.97 Å². The number of aromatic nitrogens is 2. The van der Waals surface area contributed by atoms with E-state index in [9.17, 15) is 4.79 Å². The molecule has 2 rings (SSSR count). The van der Waals surface area contributed by atoms with E-state index in [2.05, 4.69) is 15.3 Å². The molecular weight excluding hydrogens is 278 g/mol. The van der Waals surface area contributed by atoms with Crippen molar-refractivity contribution in [2.75, 3.05) is 7.11 Å². The van der Waals surface area contributed by atoms with E-state index in [1.165, 1.54) is 6.20 Å². The summed E-state index contributed by atoms with van der Waals surface area (Å²) >= 11 is 6.03. The Bertz CT molecular complexity index is 493. The first-order valence-corrected chi connectivity index (χ1v) is 7.26. The second-order valence-electron chi connectivity index (χ2n) is 5.36. The zero-order valence-corrected chi connectivity index (χ0v) is 12.8. The van der Waals surface area contributed by atoms with Crippen molar-refractivity contribution in [1.29, 1.82) is 0 Å². The fraction of sp³-hybridized carbons (Fsp3) is 0.643. The van der Waals surface area contributed by atoms with Crippen LogP contribution < -0.4 is 5.32 Å². The average Bonchev–Trinajstić information content (AvgIpc) is 2.86. The van der Waals surface area contributed by atoms with Crippen molar-refractivity contribution in [1.82, 2.24) is 15.3 Å². The van der Waals surface area contributed by atoms with Gasteiger partial charge in [0.15, 0.2) is 0 Å². The van der Waals surface area contributed by atoms with Gasteiger partial charge in [0.25, 0.3) is 5.91 Å². The molecule has 2 atom stereocenters. The number of carbonyl (C=O) groups excluding carboxylic acids is 1. The van der Waals surface area contributed by atoms with E-state index in [0.29, 0.717) is 5.82 Å². The number of amides is 1. The Hall–Kier alpha value is -1.20. The Kier molecular flexibility index (Phi) is 4.94. The summed E-state index contributed by atoms with van der Waals surface area (Å²) in [6, 6.07) is 0.0287. The van der Waals surface area contributed by atoms with Crippen LogP contribution in [0.1, 0.15) is 55.3 Å². The number of ether oxygens (including phenoxy) is 1. The third-order valence-corrected chi connectivity index (χ3v) is 3.84. The number of hydrogen-bond donors (Lipinski definition) is 1. The second kappa shape index (κ2) is 6.50. The van der Waals surface area contributed by atoms with Gasteiger partial charge in [0.2, 0.25) is 0 Å². The summed E-state index contributed by atoms with van der Waals surface area (Å²) in [6.07, 6.45) is 4.50. The lowest BCUT2D eigenvalue weighted by molar-refractivity contribution is 0.0719. The number of methoxy groups -OCH3 is 1. The largest absolute Gasteiger partial charge is 0.379 e. The first-order valence-electron chi connectivity index (χ1n) is 6.89. The fourth-order valence-corrected chi connectivity index (χ4v) is 2.61. The lowest BCUT2D eigenvalue weighted by Crippen LogP contribution is -2.41. The summed E-state index contributed by atoms with van der Waals surface area (Å²) in [6.45, 7) is 3.95. The number of nitrogens with zero attached hydrogens (tertiary/aromatic N) is 2. The Morgan fingerprint density at radius 1 is 1.50 bits per heavy atom. The highest BCUT2D eigenvalue weighted by Crippen LogP contribution is 2.23. The van der Waals surface area contributed by atoms with Gasteiger partial charge in [-0.15, -0.1) is 0 Å². The molecule has 0 radical (unpaired) electrons. The van der Waals surface area contributed by atoms with E-state index in [4.69, 9.17) is 16.3 Å². The van der Waals surface area contributed by atoms with Gasteiger partial charge >= 0.3 is 0 Å². The van der Waals surface area contributed by atoms with Crippen LogP contribution in [0.25, 0.3) is 0 Å². The SMILES string of the molecule is COC1CCCC1NC(=O)c1nc(C(C)C)ncc1Cl. The van der Waals surface area contributed by atoms with Crippen LogP contribution >= 0.6 is 11.6 Å². The summed E-state index contributed by atoms with van der Waals surface area (Å²) in [5.41, 5.74) is 0.243. The normalized spacial score (nSPS) is 22.2. The average molecular weight is 298 g/mol. The lowest BCUT2D eigenvalue weighted by atomic mass is 10.2. The Labute approximate surface area is 124 Å². The van der Waals surface area contributed by atoms with Crippen LogP contribution in [0.5, 0.6) is 0 Å². The zero-order chi connectivity index (χ0) is 14.7. The fourth-order valence-electron chi connectivity index (χ4n) is 2.43. The molecule has 0 spiro atoms. The highest BCUT2D eigenvalue weighted by molar-refractivity contribution is 6.33. The van der Waals surface area contributed by atoms with Crippen LogP contribution in [0.4, 0.5) is 0 Å². The van der Waals surface area contributed by atoms with Crippen molar-refractivity contribution in [3.05, 3.63) is 22.7 Å². The highest BCUT2D eigenvalue weighted by atomic mass is 35.5. The monoisotopic (exact) mass is 297 g/mol. The van der Waals surface area contributed by atoms with Crippen LogP contribution in [0.15, 0.2) is 6.20 Å². The standard InChI is InChI=1S/C14H20ClN3O2/c1-8(2)13-16-7-9(15)12(18-13)14(19)17-10-5-4-6-11(10)20-3/h7-8,10-11H,4-6H2,1-3H3,(H,17,19). The quantitative estimate of drug-likeness (QED) is 0.927. The molecule has 1 aromatic heterocycles. The summed E-state index contributed by atoms with van der Waals surface area (Å²) in [4.78, 5) is 20.7. The number of carbonyl (C=O) groups is 1. The van der Waals surface area contributed by atoms with Crippen molar-refractivity contribution < 1.29 is 9.53 Å². The van der Waals surface area contributed by atoms with Crippen LogP contribution in [0, 0.1) is 0 Å². The van der Waals surface area contributed by atoms with Crippen LogP contribution in [-0.2, 0) is 4.74 Å². The van der Waals surface area contributed by atoms with Crippen LogP contribution in [-0.4, -0.2) is 35.1 Å². The molecule has 5 nitrogen and oxygen atoms in total. The van der Waals surface area contributed by atoms with E-state index in [-0.39, 0.29) is 34.7 Å². The Balaban J connectivity index is 2.14. The molecule has 0 saturated heterocycles. The van der Waals surface area contributed by atoms with Gasteiger partial charge in [-0.3, -0.25) is 4.79 Å². The molecule has 1 aliphatic rings. The molecule has 110 valence electrons. The van der Waals surface area contributed by atoms with Gasteiger partial charge < -0.3 is 10.1 Å². The van der Waals surface area contributed by atoms with Crippen molar-refractivity contribution in [2.45, 2.75) is 51.2 Å². The molecule has 0 aliphatic heterocycles. The summed E-state index contributed by atoms with van der Waals surface area (Å²) in [7, 11) is 1.67. The molecule has 1 amide bonds. The van der Waals surface area contributed by atoms with E-state index < -0.39 is 0 Å². The maximum absolute atomic E-state index is 12.3. The molecule has 1 aromatic rings. The maximum Gasteiger partial charge on any atom is 0.271 e. The smallest absolute Gasteiger partial charge is 0.271 e. The second-order valence-corrected chi connectivity index (χ2v) is 5.77. The number of hydrogen-bond acceptors (Lipinski definition) is 4. The Morgan fingerprint density at radius 3 is 2.90 bits per heavy atom. The molecule has 1 saturated carbocycles. The molecule has 0 aromatic carbocycles. The van der Waals surface area contributed by atoms with Gasteiger partial charge in [-0.2, -0.15) is 0 Å². The number of halogens is 1. The van der Waals surface area contributed by atoms with Gasteiger partial charge in [0.1, 0.15) is 11.5 Å². The van der Waals surface area contributed by atoms with Crippen LogP contribution in [0.2, 0.25) is 5.02 Å². The molecule has 1 fully saturated rings. The van der Waals surface area contributed by atoms with Crippen molar-refractivity contribution in [2.24, 2.45) is 0 Å². The van der Waals surface area contributed by atoms with Crippen LogP contribution in [0.3, 0.4) is 0 Å². The van der Waals surface area contributed by atoms with Crippen molar-refractivity contribution in [3.8, 4) is 0 Å². The topological polar surface area (TPSA) is 64.1 Å². The molecule has 1 heterocycles. The summed E-state index contributed by atoms with van der Waals surface area (Å²) in [5.74, 6) is 0.513. The minimum atomic E-state index is -0.256. The Morgan fingerprint density at radius 2 is 2.25 bits per heavy atom. The predicted molar refractivity (Wildman–Crippen MR) is 77.0 cm³/mol. The summed E-state index contributed by atoms with van der Waals surface area (Å²) < 4.78 is 5.37. The molecule has 1 N–H and O–H groups in total. The van der Waals surface area contributed by atoms with E-state index in [1.807, 2.05) is 13.8 Å². The third-order valence-electron chi connectivity index (χ3n) is 3.57. The minimum absolute atomic E-state index is 0.0287. The lowest BCUT2D eigenvalue weighted by Gasteiger charge is -2.19. The van der Waals surface area contributed by atoms with E-state index >= 15 is 0 Å². The third kappa shape index (κ3) is 3.27. The zero-order valence-electron chi connectivity index (χ0n) is 12.0. The van der Waals surface area contributed by atoms with Crippen molar-refractivity contribution in [3.63, 3.8) is 0 Å². The van der Waals surface area contributed by atoms with Gasteiger partial charge in [-0.05, 0) is 19.3 Å². The number of nitrogens with one attached hydrogen (secondary N) is 1. The van der Waals surface area contributed by atoms with Gasteiger partial charge in [-0.1, -0.05) is 25.4 Å². The first-order chi connectivity index (χ1) is 9.52. The molecule has 6 heteroatoms. The summed E-state index contributed by atoms with van der Waals surface area (Å²) in [5, 5.41) is 3.24. The first kappa shape index (κ1) is 15.2. The molecule has 1 aliphatic carbocycles. The van der Waals surface area contributed by atoms with E-state index in [0.717, 1.165) is 19.3 Å². The molecule has 20 heavy (non-hydrogen) atoms. The predicted octanol–water partition coefficient (Wildman–Crippen LogP) is 2.55. The van der Waals surface area contributed by atoms with Gasteiger partial charge in [0.05, 0.1) is 23.4 Å². The molecular formula is C14H20ClN3O2. The highest BCUT2D eigenvalue weighted by Gasteiger charge is 2.29. The van der Waals surface area contributed by atoms with E-state index in [1.54, 1.807) is 7.11 Å². The number of rotatable bonds is 4.